The Bertz CT molecular complexity index is 287. The quantitative estimate of drug-likeness (QED) is 0.525. The van der Waals surface area contributed by atoms with Crippen LogP contribution in [-0.4, -0.2) is 4.98 Å². The van der Waals surface area contributed by atoms with Gasteiger partial charge in [0.2, 0.25) is 0 Å². The van der Waals surface area contributed by atoms with Gasteiger partial charge in [-0.25, -0.2) is 0 Å². The summed E-state index contributed by atoms with van der Waals surface area (Å²) in [6.07, 6.45) is 7.08. The SMILES string of the molecule is CC=C1Cc2cnccc21. The molecule has 2 rings (SSSR count). The average Bonchev–Trinajstić information content (AvgIpc) is 1.92. The largest absolute Gasteiger partial charge is 0.264 e. The molecule has 0 aromatic carbocycles. The molecule has 0 saturated heterocycles. The molecule has 0 unspecified atom stereocenters. The molecule has 1 aliphatic carbocycles. The Balaban J connectivity index is 2.53. The molecule has 1 aliphatic rings. The van der Waals surface area contributed by atoms with E-state index in [9.17, 15) is 0 Å². The first-order chi connectivity index (χ1) is 4.92. The lowest BCUT2D eigenvalue weighted by atomic mass is 9.85. The minimum atomic E-state index is 1.11. The molecule has 0 spiro atoms. The summed E-state index contributed by atoms with van der Waals surface area (Å²) in [5.41, 5.74) is 4.23. The lowest BCUT2D eigenvalue weighted by Gasteiger charge is -2.21. The standard InChI is InChI=1S/C9H9N/c1-2-7-5-8-6-10-4-3-9(7)8/h2-4,6H,5H2,1H3. The van der Waals surface area contributed by atoms with Crippen LogP contribution in [0.2, 0.25) is 0 Å². The van der Waals surface area contributed by atoms with Crippen LogP contribution in [0.5, 0.6) is 0 Å². The monoisotopic (exact) mass is 131 g/mol. The molecule has 10 heavy (non-hydrogen) atoms. The van der Waals surface area contributed by atoms with E-state index in [1.165, 1.54) is 16.7 Å². The molecule has 0 N–H and O–H groups in total. The number of fused-ring (bicyclic) bond motifs is 1. The van der Waals surface area contributed by atoms with Crippen molar-refractivity contribution < 1.29 is 0 Å². The highest BCUT2D eigenvalue weighted by molar-refractivity contribution is 5.78. The minimum Gasteiger partial charge on any atom is -0.264 e. The smallest absolute Gasteiger partial charge is 0.0309 e. The first-order valence-corrected chi connectivity index (χ1v) is 3.50. The molecule has 50 valence electrons. The predicted molar refractivity (Wildman–Crippen MR) is 41.6 cm³/mol. The van der Waals surface area contributed by atoms with Crippen molar-refractivity contribution in [2.45, 2.75) is 13.3 Å². The molecule has 1 heterocycles. The van der Waals surface area contributed by atoms with E-state index < -0.39 is 0 Å². The van der Waals surface area contributed by atoms with Gasteiger partial charge in [0, 0.05) is 12.4 Å². The highest BCUT2D eigenvalue weighted by atomic mass is 14.6. The summed E-state index contributed by atoms with van der Waals surface area (Å²) in [5.74, 6) is 0. The summed E-state index contributed by atoms with van der Waals surface area (Å²) in [6, 6.07) is 2.08. The number of aromatic nitrogens is 1. The van der Waals surface area contributed by atoms with Crippen molar-refractivity contribution in [1.29, 1.82) is 0 Å². The van der Waals surface area contributed by atoms with E-state index in [-0.39, 0.29) is 0 Å². The van der Waals surface area contributed by atoms with Crippen LogP contribution in [0.1, 0.15) is 18.1 Å². The maximum Gasteiger partial charge on any atom is 0.0309 e. The van der Waals surface area contributed by atoms with E-state index in [0.29, 0.717) is 0 Å². The Kier molecular flexibility index (Phi) is 1.10. The second-order valence-corrected chi connectivity index (χ2v) is 2.52. The van der Waals surface area contributed by atoms with Crippen molar-refractivity contribution in [3.05, 3.63) is 35.7 Å². The van der Waals surface area contributed by atoms with Crippen molar-refractivity contribution in [2.75, 3.05) is 0 Å². The Morgan fingerprint density at radius 2 is 2.50 bits per heavy atom. The Morgan fingerprint density at radius 1 is 1.60 bits per heavy atom. The van der Waals surface area contributed by atoms with Crippen molar-refractivity contribution >= 4 is 5.57 Å². The molecule has 0 fully saturated rings. The van der Waals surface area contributed by atoms with Gasteiger partial charge in [-0.05, 0) is 36.1 Å². The van der Waals surface area contributed by atoms with Crippen molar-refractivity contribution in [3.8, 4) is 0 Å². The van der Waals surface area contributed by atoms with Crippen LogP contribution in [0.15, 0.2) is 24.5 Å². The molecular weight excluding hydrogens is 122 g/mol. The zero-order valence-electron chi connectivity index (χ0n) is 5.96. The Hall–Kier alpha value is -1.11. The third-order valence-corrected chi connectivity index (χ3v) is 1.98. The molecule has 0 atom stereocenters. The topological polar surface area (TPSA) is 12.9 Å². The predicted octanol–water partition coefficient (Wildman–Crippen LogP) is 2.04. The number of hydrogen-bond acceptors (Lipinski definition) is 1. The molecule has 1 heteroatoms. The molecule has 0 aliphatic heterocycles. The van der Waals surface area contributed by atoms with Gasteiger partial charge in [-0.1, -0.05) is 6.08 Å². The molecule has 1 aromatic rings. The summed E-state index contributed by atoms with van der Waals surface area (Å²) < 4.78 is 0. The highest BCUT2D eigenvalue weighted by Crippen LogP contribution is 2.32. The van der Waals surface area contributed by atoms with Crippen LogP contribution >= 0.6 is 0 Å². The number of allylic oxidation sites excluding steroid dienone is 2. The first-order valence-electron chi connectivity index (χ1n) is 3.50. The Morgan fingerprint density at radius 3 is 3.20 bits per heavy atom. The molecule has 0 bridgehead atoms. The van der Waals surface area contributed by atoms with Crippen LogP contribution in [0, 0.1) is 0 Å². The van der Waals surface area contributed by atoms with Gasteiger partial charge >= 0.3 is 0 Å². The van der Waals surface area contributed by atoms with Crippen LogP contribution in [0.3, 0.4) is 0 Å². The van der Waals surface area contributed by atoms with E-state index in [1.807, 2.05) is 12.4 Å². The second-order valence-electron chi connectivity index (χ2n) is 2.52. The number of hydrogen-bond donors (Lipinski definition) is 0. The lowest BCUT2D eigenvalue weighted by Crippen LogP contribution is -2.06. The number of nitrogens with zero attached hydrogens (tertiary/aromatic N) is 1. The van der Waals surface area contributed by atoms with Gasteiger partial charge in [0.25, 0.3) is 0 Å². The fourth-order valence-corrected chi connectivity index (χ4v) is 1.33. The molecule has 0 saturated carbocycles. The summed E-state index contributed by atoms with van der Waals surface area (Å²) in [4.78, 5) is 4.04. The normalized spacial score (nSPS) is 18.3. The van der Waals surface area contributed by atoms with E-state index in [1.54, 1.807) is 0 Å². The fraction of sp³-hybridized carbons (Fsp3) is 0.222. The zero-order chi connectivity index (χ0) is 6.97. The van der Waals surface area contributed by atoms with Crippen molar-refractivity contribution in [2.24, 2.45) is 0 Å². The van der Waals surface area contributed by atoms with Gasteiger partial charge in [-0.15, -0.1) is 0 Å². The molecule has 0 amide bonds. The molecule has 0 radical (unpaired) electrons. The summed E-state index contributed by atoms with van der Waals surface area (Å²) in [7, 11) is 0. The second kappa shape index (κ2) is 1.94. The summed E-state index contributed by atoms with van der Waals surface area (Å²) in [5, 5.41) is 0. The summed E-state index contributed by atoms with van der Waals surface area (Å²) in [6.45, 7) is 2.08. The van der Waals surface area contributed by atoms with E-state index in [0.717, 1.165) is 6.42 Å². The molecular formula is C9H9N. The maximum absolute atomic E-state index is 4.04. The molecule has 1 aromatic heterocycles. The van der Waals surface area contributed by atoms with Crippen LogP contribution in [0.4, 0.5) is 0 Å². The minimum absolute atomic E-state index is 1.11. The van der Waals surface area contributed by atoms with E-state index in [2.05, 4.69) is 24.1 Å². The van der Waals surface area contributed by atoms with Gasteiger partial charge in [0.05, 0.1) is 0 Å². The fourth-order valence-electron chi connectivity index (χ4n) is 1.33. The van der Waals surface area contributed by atoms with Crippen molar-refractivity contribution in [1.82, 2.24) is 4.98 Å². The third-order valence-electron chi connectivity index (χ3n) is 1.98. The highest BCUT2D eigenvalue weighted by Gasteiger charge is 2.16. The average molecular weight is 131 g/mol. The van der Waals surface area contributed by atoms with E-state index >= 15 is 0 Å². The van der Waals surface area contributed by atoms with Gasteiger partial charge in [-0.2, -0.15) is 0 Å². The third kappa shape index (κ3) is 0.604. The van der Waals surface area contributed by atoms with Crippen LogP contribution in [-0.2, 0) is 6.42 Å². The first kappa shape index (κ1) is 5.66. The van der Waals surface area contributed by atoms with Crippen LogP contribution < -0.4 is 0 Å². The van der Waals surface area contributed by atoms with Crippen LogP contribution in [0.25, 0.3) is 5.57 Å². The van der Waals surface area contributed by atoms with Crippen molar-refractivity contribution in [3.63, 3.8) is 0 Å². The summed E-state index contributed by atoms with van der Waals surface area (Å²) >= 11 is 0. The Labute approximate surface area is 60.4 Å². The number of pyridine rings is 1. The molecule has 1 nitrogen and oxygen atoms in total. The maximum atomic E-state index is 4.04. The lowest BCUT2D eigenvalue weighted by molar-refractivity contribution is 1.10. The van der Waals surface area contributed by atoms with Gasteiger partial charge in [-0.3, -0.25) is 4.98 Å². The number of rotatable bonds is 0. The van der Waals surface area contributed by atoms with Gasteiger partial charge in [0.15, 0.2) is 0 Å². The zero-order valence-corrected chi connectivity index (χ0v) is 5.96. The van der Waals surface area contributed by atoms with Gasteiger partial charge in [0.1, 0.15) is 0 Å². The van der Waals surface area contributed by atoms with Gasteiger partial charge < -0.3 is 0 Å². The van der Waals surface area contributed by atoms with E-state index in [4.69, 9.17) is 0 Å².